The van der Waals surface area contributed by atoms with Crippen LogP contribution in [-0.4, -0.2) is 19.6 Å². The predicted molar refractivity (Wildman–Crippen MR) is 57.6 cm³/mol. The van der Waals surface area contributed by atoms with Crippen molar-refractivity contribution < 1.29 is 4.42 Å². The van der Waals surface area contributed by atoms with E-state index in [1.54, 1.807) is 24.5 Å². The summed E-state index contributed by atoms with van der Waals surface area (Å²) in [5, 5.41) is 4.22. The lowest BCUT2D eigenvalue weighted by Crippen LogP contribution is -2.01. The van der Waals surface area contributed by atoms with E-state index in [0.29, 0.717) is 23.2 Å². The molecule has 0 bridgehead atoms. The van der Waals surface area contributed by atoms with Crippen LogP contribution in [0.15, 0.2) is 28.9 Å². The van der Waals surface area contributed by atoms with Crippen molar-refractivity contribution in [3.05, 3.63) is 30.2 Å². The summed E-state index contributed by atoms with van der Waals surface area (Å²) in [4.78, 5) is 8.48. The van der Waals surface area contributed by atoms with Crippen LogP contribution in [-0.2, 0) is 0 Å². The molecule has 0 aliphatic carbocycles. The van der Waals surface area contributed by atoms with Crippen LogP contribution < -0.4 is 5.73 Å². The van der Waals surface area contributed by atoms with Crippen molar-refractivity contribution in [3.8, 4) is 11.6 Å². The van der Waals surface area contributed by atoms with Gasteiger partial charge in [-0.15, -0.1) is 5.10 Å². The summed E-state index contributed by atoms with van der Waals surface area (Å²) in [5.41, 5.74) is 6.62. The van der Waals surface area contributed by atoms with Crippen molar-refractivity contribution >= 4 is 11.6 Å². The molecular weight excluding hydrogens is 206 g/mol. The summed E-state index contributed by atoms with van der Waals surface area (Å²) in [7, 11) is 0. The number of hydrogen-bond donors (Lipinski definition) is 1. The molecule has 0 unspecified atom stereocenters. The number of aryl methyl sites for hydroxylation is 1. The summed E-state index contributed by atoms with van der Waals surface area (Å²) in [5.74, 6) is 2.06. The number of anilines is 1. The van der Waals surface area contributed by atoms with Gasteiger partial charge in [0.25, 0.3) is 5.78 Å². The van der Waals surface area contributed by atoms with Gasteiger partial charge >= 0.3 is 0 Å². The highest BCUT2D eigenvalue weighted by atomic mass is 16.3. The summed E-state index contributed by atoms with van der Waals surface area (Å²) >= 11 is 0. The van der Waals surface area contributed by atoms with Gasteiger partial charge in [-0.2, -0.15) is 9.50 Å². The van der Waals surface area contributed by atoms with Crippen molar-refractivity contribution in [2.75, 3.05) is 5.73 Å². The van der Waals surface area contributed by atoms with Crippen LogP contribution in [0.3, 0.4) is 0 Å². The molecule has 0 fully saturated rings. The lowest BCUT2D eigenvalue weighted by Gasteiger charge is -1.97. The van der Waals surface area contributed by atoms with Crippen molar-refractivity contribution in [2.45, 2.75) is 6.92 Å². The zero-order chi connectivity index (χ0) is 11.1. The Balaban J connectivity index is 2.27. The van der Waals surface area contributed by atoms with Gasteiger partial charge in [0.2, 0.25) is 5.82 Å². The Morgan fingerprint density at radius 1 is 1.38 bits per heavy atom. The fraction of sp³-hybridized carbons (Fsp3) is 0.100. The average molecular weight is 215 g/mol. The van der Waals surface area contributed by atoms with Crippen LogP contribution in [0.5, 0.6) is 0 Å². The maximum Gasteiger partial charge on any atom is 0.254 e. The molecule has 0 saturated carbocycles. The molecule has 0 radical (unpaired) electrons. The Morgan fingerprint density at radius 3 is 3.00 bits per heavy atom. The van der Waals surface area contributed by atoms with Crippen LogP contribution in [0.25, 0.3) is 17.4 Å². The minimum Gasteiger partial charge on any atom is -0.461 e. The fourth-order valence-corrected chi connectivity index (χ4v) is 1.52. The van der Waals surface area contributed by atoms with Gasteiger partial charge in [0, 0.05) is 11.8 Å². The average Bonchev–Trinajstić information content (AvgIpc) is 2.82. The van der Waals surface area contributed by atoms with Gasteiger partial charge < -0.3 is 10.2 Å². The third-order valence-electron chi connectivity index (χ3n) is 2.21. The van der Waals surface area contributed by atoms with Gasteiger partial charge in [0.15, 0.2) is 5.76 Å². The number of nitrogens with zero attached hydrogens (tertiary/aromatic N) is 4. The van der Waals surface area contributed by atoms with Gasteiger partial charge in [-0.25, -0.2) is 4.98 Å². The van der Waals surface area contributed by atoms with E-state index in [1.165, 1.54) is 4.52 Å². The molecule has 0 saturated heterocycles. The summed E-state index contributed by atoms with van der Waals surface area (Å²) < 4.78 is 6.70. The van der Waals surface area contributed by atoms with Crippen LogP contribution in [0.4, 0.5) is 5.82 Å². The largest absolute Gasteiger partial charge is 0.461 e. The minimum atomic E-state index is 0.476. The zero-order valence-corrected chi connectivity index (χ0v) is 8.58. The van der Waals surface area contributed by atoms with E-state index < -0.39 is 0 Å². The highest BCUT2D eigenvalue weighted by Gasteiger charge is 2.11. The van der Waals surface area contributed by atoms with Crippen molar-refractivity contribution in [3.63, 3.8) is 0 Å². The number of aromatic nitrogens is 4. The Labute approximate surface area is 90.7 Å². The van der Waals surface area contributed by atoms with Crippen LogP contribution in [0.1, 0.15) is 5.69 Å². The predicted octanol–water partition coefficient (Wildman–Crippen LogP) is 1.27. The fourth-order valence-electron chi connectivity index (χ4n) is 1.52. The maximum absolute atomic E-state index is 5.81. The van der Waals surface area contributed by atoms with Gasteiger partial charge in [-0.05, 0) is 19.1 Å². The zero-order valence-electron chi connectivity index (χ0n) is 8.58. The molecule has 0 spiro atoms. The molecule has 0 aliphatic heterocycles. The molecule has 3 aromatic heterocycles. The molecule has 0 aromatic carbocycles. The first kappa shape index (κ1) is 8.90. The van der Waals surface area contributed by atoms with E-state index in [9.17, 15) is 0 Å². The number of nitrogens with two attached hydrogens (primary N) is 1. The van der Waals surface area contributed by atoms with E-state index in [4.69, 9.17) is 10.2 Å². The molecule has 6 nitrogen and oxygen atoms in total. The Bertz CT molecular complexity index is 641. The highest BCUT2D eigenvalue weighted by Crippen LogP contribution is 2.17. The molecule has 0 atom stereocenters. The first-order valence-electron chi connectivity index (χ1n) is 4.78. The van der Waals surface area contributed by atoms with Crippen molar-refractivity contribution in [1.82, 2.24) is 19.6 Å². The monoisotopic (exact) mass is 215 g/mol. The number of fused-ring (bicyclic) bond motifs is 1. The van der Waals surface area contributed by atoms with Gasteiger partial charge in [-0.3, -0.25) is 0 Å². The molecule has 0 aliphatic rings. The third-order valence-corrected chi connectivity index (χ3v) is 2.21. The van der Waals surface area contributed by atoms with E-state index in [2.05, 4.69) is 15.1 Å². The van der Waals surface area contributed by atoms with E-state index in [0.717, 1.165) is 5.69 Å². The normalized spacial score (nSPS) is 11.1. The third kappa shape index (κ3) is 1.23. The number of rotatable bonds is 1. The SMILES string of the molecule is Cc1cc(N)n2nc(-c3ccco3)nc2n1. The lowest BCUT2D eigenvalue weighted by atomic mass is 10.4. The quantitative estimate of drug-likeness (QED) is 0.661. The first-order chi connectivity index (χ1) is 7.74. The second kappa shape index (κ2) is 3.06. The minimum absolute atomic E-state index is 0.476. The van der Waals surface area contributed by atoms with Crippen LogP contribution in [0, 0.1) is 6.92 Å². The molecule has 6 heteroatoms. The summed E-state index contributed by atoms with van der Waals surface area (Å²) in [6.45, 7) is 1.86. The molecule has 2 N–H and O–H groups in total. The second-order valence-electron chi connectivity index (χ2n) is 3.45. The molecule has 3 aromatic rings. The van der Waals surface area contributed by atoms with E-state index in [-0.39, 0.29) is 0 Å². The maximum atomic E-state index is 5.81. The molecule has 80 valence electrons. The van der Waals surface area contributed by atoms with Crippen LogP contribution in [0.2, 0.25) is 0 Å². The molecule has 3 rings (SSSR count). The molecule has 16 heavy (non-hydrogen) atoms. The summed E-state index contributed by atoms with van der Waals surface area (Å²) in [6.07, 6.45) is 1.57. The molecular formula is C10H9N5O. The standard InChI is InChI=1S/C10H9N5O/c1-6-5-8(11)15-10(12-6)13-9(14-15)7-3-2-4-16-7/h2-5H,11H2,1H3. The van der Waals surface area contributed by atoms with Crippen LogP contribution >= 0.6 is 0 Å². The second-order valence-corrected chi connectivity index (χ2v) is 3.45. The Kier molecular flexibility index (Phi) is 1.70. The molecule has 3 heterocycles. The number of furan rings is 1. The Morgan fingerprint density at radius 2 is 2.25 bits per heavy atom. The Hall–Kier alpha value is -2.37. The highest BCUT2D eigenvalue weighted by molar-refractivity contribution is 5.52. The van der Waals surface area contributed by atoms with E-state index >= 15 is 0 Å². The number of hydrogen-bond acceptors (Lipinski definition) is 5. The van der Waals surface area contributed by atoms with E-state index in [1.807, 2.05) is 6.92 Å². The van der Waals surface area contributed by atoms with Crippen molar-refractivity contribution in [2.24, 2.45) is 0 Å². The smallest absolute Gasteiger partial charge is 0.254 e. The van der Waals surface area contributed by atoms with Crippen molar-refractivity contribution in [1.29, 1.82) is 0 Å². The van der Waals surface area contributed by atoms with Gasteiger partial charge in [-0.1, -0.05) is 0 Å². The van der Waals surface area contributed by atoms with Gasteiger partial charge in [0.05, 0.1) is 6.26 Å². The first-order valence-corrected chi connectivity index (χ1v) is 4.78. The lowest BCUT2D eigenvalue weighted by molar-refractivity contribution is 0.577. The topological polar surface area (TPSA) is 82.2 Å². The summed E-state index contributed by atoms with van der Waals surface area (Å²) in [6, 6.07) is 5.31. The number of nitrogen functional groups attached to an aromatic ring is 1. The van der Waals surface area contributed by atoms with Gasteiger partial charge in [0.1, 0.15) is 5.82 Å². The molecule has 0 amide bonds.